The average molecular weight is 991 g/mol. The Bertz CT molecular complexity index is 1780. The number of alkyl halides is 1. The van der Waals surface area contributed by atoms with Gasteiger partial charge in [0, 0.05) is 41.1 Å². The van der Waals surface area contributed by atoms with E-state index in [9.17, 15) is 14.4 Å². The number of benzene rings is 3. The number of halogens is 2. The molecule has 0 spiro atoms. The maximum absolute atomic E-state index is 11.7. The predicted octanol–water partition coefficient (Wildman–Crippen LogP) is 7.99. The molecule has 3 N–H and O–H groups in total. The SMILES string of the molecule is Brc1ccc2c(c1)OCO2.C.C.C.CI.COC(=O)[C@H]1CCCN1c1ccc2c(c1)OCO2.O=C(O)[C@H]1CCCN1.O=C(O)[C@H]1CCCN1c1ccc2c(c1)OCO2. The molecule has 15 nitrogen and oxygen atoms in total. The van der Waals surface area contributed by atoms with Crippen molar-refractivity contribution in [2.45, 2.75) is 78.9 Å². The van der Waals surface area contributed by atoms with Gasteiger partial charge in [-0.15, -0.1) is 0 Å². The van der Waals surface area contributed by atoms with Gasteiger partial charge < -0.3 is 58.5 Å². The van der Waals surface area contributed by atoms with Crippen molar-refractivity contribution in [3.05, 3.63) is 59.1 Å². The Morgan fingerprint density at radius 1 is 0.655 bits per heavy atom. The van der Waals surface area contributed by atoms with Crippen molar-refractivity contribution in [2.24, 2.45) is 0 Å². The lowest BCUT2D eigenvalue weighted by atomic mass is 10.2. The smallest absolute Gasteiger partial charge is 0.328 e. The van der Waals surface area contributed by atoms with Crippen LogP contribution in [0.4, 0.5) is 11.4 Å². The van der Waals surface area contributed by atoms with Crippen molar-refractivity contribution in [1.82, 2.24) is 5.32 Å². The van der Waals surface area contributed by atoms with Crippen molar-refractivity contribution in [2.75, 3.05) is 61.9 Å². The van der Waals surface area contributed by atoms with Gasteiger partial charge in [-0.2, -0.15) is 0 Å². The van der Waals surface area contributed by atoms with Crippen LogP contribution in [0, 0.1) is 0 Å². The monoisotopic (exact) mass is 989 g/mol. The number of ether oxygens (including phenoxy) is 7. The fourth-order valence-electron chi connectivity index (χ4n) is 6.68. The van der Waals surface area contributed by atoms with Gasteiger partial charge in [-0.25, -0.2) is 9.59 Å². The summed E-state index contributed by atoms with van der Waals surface area (Å²) in [6, 6.07) is 16.1. The van der Waals surface area contributed by atoms with Crippen LogP contribution >= 0.6 is 38.5 Å². The van der Waals surface area contributed by atoms with Crippen LogP contribution in [0.15, 0.2) is 59.1 Å². The average Bonchev–Trinajstić information content (AvgIpc) is 4.05. The van der Waals surface area contributed by atoms with Crippen LogP contribution in [-0.2, 0) is 19.1 Å². The molecule has 6 aliphatic heterocycles. The van der Waals surface area contributed by atoms with Crippen molar-refractivity contribution in [1.29, 1.82) is 0 Å². The Labute approximate surface area is 363 Å². The van der Waals surface area contributed by atoms with Gasteiger partial charge in [0.05, 0.1) is 7.11 Å². The van der Waals surface area contributed by atoms with E-state index in [-0.39, 0.29) is 53.9 Å². The maximum atomic E-state index is 11.7. The number of nitrogens with zero attached hydrogens (tertiary/aromatic N) is 2. The highest BCUT2D eigenvalue weighted by atomic mass is 127. The Balaban J connectivity index is 0.000000270. The fraction of sp³-hybridized carbons (Fsp3) is 0.488. The summed E-state index contributed by atoms with van der Waals surface area (Å²) in [7, 11) is 1.43. The molecule has 17 heteroatoms. The minimum absolute atomic E-state index is 0. The first-order valence-corrected chi connectivity index (χ1v) is 20.7. The Morgan fingerprint density at radius 3 is 1.53 bits per heavy atom. The summed E-state index contributed by atoms with van der Waals surface area (Å²) in [5.41, 5.74) is 1.87. The minimum atomic E-state index is -0.764. The highest BCUT2D eigenvalue weighted by molar-refractivity contribution is 14.1. The number of methoxy groups -OCH3 is 1. The third-order valence-corrected chi connectivity index (χ3v) is 9.83. The Kier molecular flexibility index (Phi) is 21.1. The number of carbonyl (C=O) groups excluding carboxylic acids is 1. The molecule has 3 aromatic carbocycles. The molecule has 6 aliphatic rings. The molecule has 3 saturated heterocycles. The number of carboxylic acids is 2. The topological polar surface area (TPSA) is 175 Å². The van der Waals surface area contributed by atoms with Crippen LogP contribution in [0.1, 0.15) is 60.8 Å². The molecule has 9 rings (SSSR count). The van der Waals surface area contributed by atoms with Gasteiger partial charge in [0.2, 0.25) is 20.4 Å². The van der Waals surface area contributed by atoms with Gasteiger partial charge in [-0.05, 0) is 92.5 Å². The van der Waals surface area contributed by atoms with Crippen LogP contribution in [0.2, 0.25) is 0 Å². The molecule has 3 aromatic rings. The molecule has 322 valence electrons. The first-order valence-electron chi connectivity index (χ1n) is 17.7. The van der Waals surface area contributed by atoms with Crippen LogP contribution in [0.5, 0.6) is 34.5 Å². The number of aliphatic carboxylic acids is 2. The molecule has 0 saturated carbocycles. The molecule has 3 fully saturated rings. The van der Waals surface area contributed by atoms with Crippen LogP contribution in [0.3, 0.4) is 0 Å². The van der Waals surface area contributed by atoms with Crippen LogP contribution in [0.25, 0.3) is 0 Å². The van der Waals surface area contributed by atoms with E-state index in [1.807, 2.05) is 64.4 Å². The molecule has 0 amide bonds. The second kappa shape index (κ2) is 24.5. The van der Waals surface area contributed by atoms with Crippen molar-refractivity contribution < 1.29 is 57.8 Å². The molecule has 3 atom stereocenters. The molecule has 58 heavy (non-hydrogen) atoms. The van der Waals surface area contributed by atoms with Crippen LogP contribution in [-0.4, -0.2) is 98.3 Å². The standard InChI is InChI=1S/C13H15NO4.C12H13NO4.C7H5BrO2.C5H9NO2.CH3I.3CH4/c1-16-13(15)10-3-2-6-14(10)9-4-5-11-12(7-9)18-8-17-11;14-12(15)9-2-1-5-13(9)8-3-4-10-11(6-8)17-7-16-10;8-5-1-2-6-7(3-5)10-4-9-6;7-5(8)4-2-1-3-6-4;1-2;;;/h4-5,7,10H,2-3,6,8H2,1H3;3-4,6,9H,1-2,5,7H2,(H,14,15);1-3H,4H2;4,6H,1-3H2,(H,7,8);1H3;3*1H4/t10-;9-;;4-;;;;/m11.1..../s1. The number of hydrogen-bond donors (Lipinski definition) is 3. The number of fused-ring (bicyclic) bond motifs is 3. The van der Waals surface area contributed by atoms with E-state index in [0.717, 1.165) is 96.3 Å². The lowest BCUT2D eigenvalue weighted by Gasteiger charge is -2.24. The predicted molar refractivity (Wildman–Crippen MR) is 235 cm³/mol. The van der Waals surface area contributed by atoms with Gasteiger partial charge in [0.1, 0.15) is 18.1 Å². The lowest BCUT2D eigenvalue weighted by Crippen LogP contribution is -2.36. The fourth-order valence-corrected chi connectivity index (χ4v) is 7.02. The molecule has 0 radical (unpaired) electrons. The van der Waals surface area contributed by atoms with Crippen molar-refractivity contribution in [3.8, 4) is 34.5 Å². The maximum Gasteiger partial charge on any atom is 0.328 e. The molecule has 6 heterocycles. The van der Waals surface area contributed by atoms with E-state index in [4.69, 9.17) is 43.4 Å². The van der Waals surface area contributed by atoms with Crippen molar-refractivity contribution >= 4 is 67.8 Å². The summed E-state index contributed by atoms with van der Waals surface area (Å²) >= 11 is 5.48. The van der Waals surface area contributed by atoms with E-state index in [1.165, 1.54) is 7.11 Å². The number of carbonyl (C=O) groups is 3. The summed E-state index contributed by atoms with van der Waals surface area (Å²) in [4.78, 5) is 38.9. The van der Waals surface area contributed by atoms with Gasteiger partial charge >= 0.3 is 17.9 Å². The first kappa shape index (κ1) is 49.8. The number of anilines is 2. The zero-order chi connectivity index (χ0) is 39.3. The van der Waals surface area contributed by atoms with E-state index in [0.29, 0.717) is 19.0 Å². The van der Waals surface area contributed by atoms with E-state index >= 15 is 0 Å². The second-order valence-corrected chi connectivity index (χ2v) is 13.5. The minimum Gasteiger partial charge on any atom is -0.480 e. The highest BCUT2D eigenvalue weighted by Crippen LogP contribution is 2.39. The lowest BCUT2D eigenvalue weighted by molar-refractivity contribution is -0.142. The number of rotatable bonds is 5. The number of hydrogen-bond acceptors (Lipinski definition) is 13. The first-order chi connectivity index (χ1) is 26.7. The zero-order valence-corrected chi connectivity index (χ0v) is 34.3. The third-order valence-electron chi connectivity index (χ3n) is 9.33. The zero-order valence-electron chi connectivity index (χ0n) is 30.5. The van der Waals surface area contributed by atoms with Gasteiger partial charge in [-0.3, -0.25) is 4.79 Å². The van der Waals surface area contributed by atoms with E-state index in [1.54, 1.807) is 0 Å². The Morgan fingerprint density at radius 2 is 1.10 bits per heavy atom. The summed E-state index contributed by atoms with van der Waals surface area (Å²) in [5.74, 6) is 2.89. The summed E-state index contributed by atoms with van der Waals surface area (Å²) < 4.78 is 37.3. The van der Waals surface area contributed by atoms with E-state index in [2.05, 4.69) is 48.7 Å². The summed E-state index contributed by atoms with van der Waals surface area (Å²) in [5, 5.41) is 20.3. The second-order valence-electron chi connectivity index (χ2n) is 12.6. The molecule has 0 aromatic heterocycles. The quantitative estimate of drug-likeness (QED) is 0.127. The van der Waals surface area contributed by atoms with Gasteiger partial charge in [0.25, 0.3) is 0 Å². The molecule has 0 bridgehead atoms. The molecular weight excluding hydrogens is 933 g/mol. The van der Waals surface area contributed by atoms with Gasteiger partial charge in [-0.1, -0.05) is 60.8 Å². The Hall–Kier alpha value is -4.36. The van der Waals surface area contributed by atoms with E-state index < -0.39 is 18.0 Å². The normalized spacial score (nSPS) is 19.3. The highest BCUT2D eigenvalue weighted by Gasteiger charge is 2.33. The number of esters is 1. The number of nitrogens with one attached hydrogen (secondary N) is 1. The molecule has 0 unspecified atom stereocenters. The summed E-state index contributed by atoms with van der Waals surface area (Å²) in [6.45, 7) is 3.33. The summed E-state index contributed by atoms with van der Waals surface area (Å²) in [6.07, 6.45) is 5.22. The number of carboxylic acid groups (broad SMARTS) is 2. The third kappa shape index (κ3) is 12.8. The molecule has 0 aliphatic carbocycles. The molecular formula is C41H57BrIN3O12. The van der Waals surface area contributed by atoms with Crippen molar-refractivity contribution in [3.63, 3.8) is 0 Å². The van der Waals surface area contributed by atoms with Crippen LogP contribution < -0.4 is 43.5 Å². The van der Waals surface area contributed by atoms with Gasteiger partial charge in [0.15, 0.2) is 34.5 Å². The largest absolute Gasteiger partial charge is 0.480 e.